The van der Waals surface area contributed by atoms with E-state index in [-0.39, 0.29) is 37.9 Å². The minimum absolute atomic E-state index is 0.0370. The molecular formula is C23H21N3O4. The molecule has 2 aromatic carbocycles. The van der Waals surface area contributed by atoms with Gasteiger partial charge in [-0.05, 0) is 5.56 Å². The van der Waals surface area contributed by atoms with Crippen molar-refractivity contribution in [2.75, 3.05) is 19.8 Å². The van der Waals surface area contributed by atoms with Crippen LogP contribution in [0.1, 0.15) is 12.5 Å². The summed E-state index contributed by atoms with van der Waals surface area (Å²) in [5.74, 6) is -0.376. The quantitative estimate of drug-likeness (QED) is 0.424. The summed E-state index contributed by atoms with van der Waals surface area (Å²) >= 11 is 0. The highest BCUT2D eigenvalue weighted by atomic mass is 16.6. The zero-order valence-electron chi connectivity index (χ0n) is 16.6. The van der Waals surface area contributed by atoms with Crippen LogP contribution in [0.2, 0.25) is 0 Å². The van der Waals surface area contributed by atoms with Crippen LogP contribution in [0.3, 0.4) is 0 Å². The van der Waals surface area contributed by atoms with Gasteiger partial charge in [-0.3, -0.25) is 9.59 Å². The molecule has 0 aliphatic rings. The highest BCUT2D eigenvalue weighted by Gasteiger charge is 2.20. The van der Waals surface area contributed by atoms with E-state index in [1.807, 2.05) is 60.7 Å². The van der Waals surface area contributed by atoms with Crippen LogP contribution in [-0.4, -0.2) is 35.6 Å². The monoisotopic (exact) mass is 403 g/mol. The van der Waals surface area contributed by atoms with Crippen LogP contribution in [0.25, 0.3) is 22.4 Å². The molecule has 7 heteroatoms. The van der Waals surface area contributed by atoms with E-state index >= 15 is 0 Å². The minimum Gasteiger partial charge on any atom is -0.463 e. The molecule has 0 fully saturated rings. The lowest BCUT2D eigenvalue weighted by atomic mass is 9.96. The first-order valence-corrected chi connectivity index (χ1v) is 9.49. The fourth-order valence-corrected chi connectivity index (χ4v) is 3.01. The summed E-state index contributed by atoms with van der Waals surface area (Å²) in [5.41, 5.74) is 2.19. The predicted molar refractivity (Wildman–Crippen MR) is 112 cm³/mol. The summed E-state index contributed by atoms with van der Waals surface area (Å²) in [6, 6.07) is 20.8. The number of carbonyl (C=O) groups is 1. The molecule has 0 unspecified atom stereocenters. The molecule has 0 atom stereocenters. The number of nitrogens with zero attached hydrogens (tertiary/aromatic N) is 3. The van der Waals surface area contributed by atoms with Crippen molar-refractivity contribution in [3.63, 3.8) is 0 Å². The second-order valence-electron chi connectivity index (χ2n) is 6.42. The van der Waals surface area contributed by atoms with Crippen molar-refractivity contribution in [2.45, 2.75) is 13.5 Å². The Hall–Kier alpha value is -3.76. The molecule has 0 aliphatic heterocycles. The van der Waals surface area contributed by atoms with Crippen LogP contribution in [0.15, 0.2) is 65.5 Å². The number of benzene rings is 2. The number of hydrogen-bond donors (Lipinski definition) is 0. The number of esters is 1. The molecule has 0 saturated heterocycles. The lowest BCUT2D eigenvalue weighted by molar-refractivity contribution is -0.142. The molecule has 0 N–H and O–H groups in total. The maximum Gasteiger partial charge on any atom is 0.302 e. The number of nitriles is 1. The average Bonchev–Trinajstić information content (AvgIpc) is 2.77. The lowest BCUT2D eigenvalue weighted by Crippen LogP contribution is -2.29. The van der Waals surface area contributed by atoms with Gasteiger partial charge in [0.15, 0.2) is 0 Å². The van der Waals surface area contributed by atoms with Crippen molar-refractivity contribution >= 4 is 5.97 Å². The highest BCUT2D eigenvalue weighted by molar-refractivity contribution is 5.84. The van der Waals surface area contributed by atoms with Crippen LogP contribution < -0.4 is 5.56 Å². The van der Waals surface area contributed by atoms with Gasteiger partial charge in [-0.2, -0.15) is 10.4 Å². The van der Waals surface area contributed by atoms with E-state index in [0.29, 0.717) is 11.3 Å². The third-order valence-corrected chi connectivity index (χ3v) is 4.36. The van der Waals surface area contributed by atoms with Crippen LogP contribution >= 0.6 is 0 Å². The van der Waals surface area contributed by atoms with E-state index < -0.39 is 5.56 Å². The predicted octanol–water partition coefficient (Wildman–Crippen LogP) is 3.03. The second kappa shape index (κ2) is 10.1. The fraction of sp³-hybridized carbons (Fsp3) is 0.217. The molecule has 0 amide bonds. The van der Waals surface area contributed by atoms with Crippen LogP contribution in [0.4, 0.5) is 0 Å². The molecule has 0 bridgehead atoms. The summed E-state index contributed by atoms with van der Waals surface area (Å²) < 4.78 is 11.5. The van der Waals surface area contributed by atoms with Gasteiger partial charge >= 0.3 is 5.97 Å². The van der Waals surface area contributed by atoms with E-state index in [9.17, 15) is 14.9 Å². The van der Waals surface area contributed by atoms with Gasteiger partial charge in [-0.15, -0.1) is 0 Å². The Morgan fingerprint density at radius 2 is 1.63 bits per heavy atom. The van der Waals surface area contributed by atoms with Crippen molar-refractivity contribution in [3.8, 4) is 28.5 Å². The molecule has 0 aliphatic carbocycles. The van der Waals surface area contributed by atoms with Crippen molar-refractivity contribution in [2.24, 2.45) is 0 Å². The Morgan fingerprint density at radius 3 is 2.23 bits per heavy atom. The third-order valence-electron chi connectivity index (χ3n) is 4.36. The highest BCUT2D eigenvalue weighted by Crippen LogP contribution is 2.31. The number of rotatable bonds is 8. The van der Waals surface area contributed by atoms with Crippen LogP contribution in [-0.2, 0) is 20.8 Å². The minimum atomic E-state index is -0.473. The number of carbonyl (C=O) groups excluding carboxylic acids is 1. The van der Waals surface area contributed by atoms with Crippen LogP contribution in [0, 0.1) is 11.3 Å². The molecule has 0 saturated carbocycles. The van der Waals surface area contributed by atoms with Crippen LogP contribution in [0.5, 0.6) is 0 Å². The molecular weight excluding hydrogens is 382 g/mol. The third kappa shape index (κ3) is 4.99. The first kappa shape index (κ1) is 21.0. The van der Waals surface area contributed by atoms with Gasteiger partial charge in [0.25, 0.3) is 5.56 Å². The molecule has 1 heterocycles. The molecule has 0 radical (unpaired) electrons. The summed E-state index contributed by atoms with van der Waals surface area (Å²) in [5, 5.41) is 14.3. The topological polar surface area (TPSA) is 94.2 Å². The molecule has 0 spiro atoms. The Bertz CT molecular complexity index is 1100. The van der Waals surface area contributed by atoms with E-state index in [1.54, 1.807) is 0 Å². The van der Waals surface area contributed by atoms with Crippen molar-refractivity contribution in [1.82, 2.24) is 9.78 Å². The standard InChI is InChI=1S/C23H21N3O4/c1-17(27)30-15-14-29-13-12-26-23(28)20(16-24)21(18-8-4-2-5-9-18)22(25-26)19-10-6-3-7-11-19/h2-11H,12-15H2,1H3. The average molecular weight is 403 g/mol. The second-order valence-corrected chi connectivity index (χ2v) is 6.42. The summed E-state index contributed by atoms with van der Waals surface area (Å²) in [4.78, 5) is 23.7. The smallest absolute Gasteiger partial charge is 0.302 e. The van der Waals surface area contributed by atoms with E-state index in [0.717, 1.165) is 11.1 Å². The van der Waals surface area contributed by atoms with E-state index in [4.69, 9.17) is 9.47 Å². The first-order valence-electron chi connectivity index (χ1n) is 9.49. The molecule has 7 nitrogen and oxygen atoms in total. The van der Waals surface area contributed by atoms with Gasteiger partial charge in [-0.1, -0.05) is 60.7 Å². The Kier molecular flexibility index (Phi) is 7.09. The zero-order valence-corrected chi connectivity index (χ0v) is 16.6. The molecule has 1 aromatic heterocycles. The summed E-state index contributed by atoms with van der Waals surface area (Å²) in [7, 11) is 0. The SMILES string of the molecule is CC(=O)OCCOCCn1nc(-c2ccccc2)c(-c2ccccc2)c(C#N)c1=O. The molecule has 3 aromatic rings. The molecule has 3 rings (SSSR count). The van der Waals surface area contributed by atoms with E-state index in [2.05, 4.69) is 11.2 Å². The van der Waals surface area contributed by atoms with Gasteiger partial charge in [0.2, 0.25) is 0 Å². The van der Waals surface area contributed by atoms with E-state index in [1.165, 1.54) is 11.6 Å². The zero-order chi connectivity index (χ0) is 21.3. The van der Waals surface area contributed by atoms with Crippen molar-refractivity contribution < 1.29 is 14.3 Å². The van der Waals surface area contributed by atoms with Gasteiger partial charge < -0.3 is 9.47 Å². The van der Waals surface area contributed by atoms with Crippen molar-refractivity contribution in [1.29, 1.82) is 5.26 Å². The molecule has 30 heavy (non-hydrogen) atoms. The number of aromatic nitrogens is 2. The number of ether oxygens (including phenoxy) is 2. The Balaban J connectivity index is 1.97. The van der Waals surface area contributed by atoms with Gasteiger partial charge in [-0.25, -0.2) is 4.68 Å². The maximum absolute atomic E-state index is 12.9. The maximum atomic E-state index is 12.9. The largest absolute Gasteiger partial charge is 0.463 e. The van der Waals surface area contributed by atoms with Gasteiger partial charge in [0.1, 0.15) is 23.9 Å². The molecule has 152 valence electrons. The summed E-state index contributed by atoms with van der Waals surface area (Å²) in [6.07, 6.45) is 0. The van der Waals surface area contributed by atoms with Gasteiger partial charge in [0.05, 0.1) is 19.8 Å². The normalized spacial score (nSPS) is 10.4. The fourth-order valence-electron chi connectivity index (χ4n) is 3.01. The van der Waals surface area contributed by atoms with Crippen molar-refractivity contribution in [3.05, 3.63) is 76.6 Å². The lowest BCUT2D eigenvalue weighted by Gasteiger charge is -2.14. The van der Waals surface area contributed by atoms with Gasteiger partial charge in [0, 0.05) is 18.1 Å². The first-order chi connectivity index (χ1) is 14.6. The summed E-state index contributed by atoms with van der Waals surface area (Å²) in [6.45, 7) is 2.04. The Morgan fingerprint density at radius 1 is 1.00 bits per heavy atom. The number of hydrogen-bond acceptors (Lipinski definition) is 6. The Labute approximate surface area is 174 Å².